The molecule has 4 N–H and O–H groups in total. The van der Waals surface area contributed by atoms with E-state index in [0.29, 0.717) is 0 Å². The molecule has 21 heavy (non-hydrogen) atoms. The van der Waals surface area contributed by atoms with E-state index in [-0.39, 0.29) is 0 Å². The van der Waals surface area contributed by atoms with Crippen molar-refractivity contribution in [3.63, 3.8) is 0 Å². The molecule has 0 spiro atoms. The van der Waals surface area contributed by atoms with Crippen molar-refractivity contribution in [3.8, 4) is 11.3 Å². The zero-order chi connectivity index (χ0) is 15.4. The van der Waals surface area contributed by atoms with E-state index >= 15 is 0 Å². The van der Waals surface area contributed by atoms with E-state index in [9.17, 15) is 9.59 Å². The molecule has 0 fully saturated rings. The fourth-order valence-corrected chi connectivity index (χ4v) is 2.40. The number of nitrogens with zero attached hydrogens (tertiary/aromatic N) is 1. The third kappa shape index (κ3) is 4.03. The molecule has 6 nitrogen and oxygen atoms in total. The molecule has 1 heterocycles. The monoisotopic (exact) mass is 304 g/mol. The van der Waals surface area contributed by atoms with Crippen LogP contribution in [-0.2, 0) is 4.79 Å². The Kier molecular flexibility index (Phi) is 4.54. The molecular weight excluding hydrogens is 288 g/mol. The number of thiazole rings is 1. The lowest BCUT2D eigenvalue weighted by Gasteiger charge is -2.14. The van der Waals surface area contributed by atoms with Gasteiger partial charge in [-0.2, -0.15) is 0 Å². The minimum atomic E-state index is -0.858. The average molecular weight is 304 g/mol. The molecular formula is C14H16N4O2S. The number of aryl methyl sites for hydroxylation is 1. The first-order valence-corrected chi connectivity index (χ1v) is 7.23. The van der Waals surface area contributed by atoms with Crippen molar-refractivity contribution in [2.45, 2.75) is 19.9 Å². The second-order valence-corrected chi connectivity index (χ2v) is 5.61. The van der Waals surface area contributed by atoms with Crippen LogP contribution in [0.15, 0.2) is 29.6 Å². The molecule has 2 rings (SSSR count). The lowest BCUT2D eigenvalue weighted by molar-refractivity contribution is -0.120. The number of imide groups is 1. The van der Waals surface area contributed by atoms with Crippen molar-refractivity contribution < 1.29 is 9.59 Å². The van der Waals surface area contributed by atoms with E-state index in [4.69, 9.17) is 5.73 Å². The van der Waals surface area contributed by atoms with Crippen LogP contribution in [0.25, 0.3) is 11.3 Å². The summed E-state index contributed by atoms with van der Waals surface area (Å²) in [7, 11) is 0. The van der Waals surface area contributed by atoms with Gasteiger partial charge in [-0.15, -0.1) is 11.3 Å². The number of nitrogens with one attached hydrogen (secondary N) is 2. The number of anilines is 1. The van der Waals surface area contributed by atoms with E-state index in [1.54, 1.807) is 18.3 Å². The Bertz CT molecular complexity index is 651. The van der Waals surface area contributed by atoms with Crippen LogP contribution in [0.3, 0.4) is 0 Å². The molecule has 2 aromatic rings. The Hall–Kier alpha value is -2.41. The number of primary amides is 1. The van der Waals surface area contributed by atoms with E-state index in [1.165, 1.54) is 0 Å². The van der Waals surface area contributed by atoms with Gasteiger partial charge < -0.3 is 11.1 Å². The maximum atomic E-state index is 11.6. The van der Waals surface area contributed by atoms with Crippen molar-refractivity contribution in [2.24, 2.45) is 5.73 Å². The van der Waals surface area contributed by atoms with Crippen molar-refractivity contribution >= 4 is 29.0 Å². The summed E-state index contributed by atoms with van der Waals surface area (Å²) in [6, 6.07) is 6.15. The van der Waals surface area contributed by atoms with Crippen LogP contribution in [0.2, 0.25) is 0 Å². The Morgan fingerprint density at radius 3 is 2.48 bits per heavy atom. The van der Waals surface area contributed by atoms with Crippen LogP contribution in [-0.4, -0.2) is 23.0 Å². The summed E-state index contributed by atoms with van der Waals surface area (Å²) in [4.78, 5) is 26.6. The topological polar surface area (TPSA) is 97.1 Å². The first-order valence-electron chi connectivity index (χ1n) is 6.35. The first kappa shape index (κ1) is 15.0. The molecule has 110 valence electrons. The molecule has 0 aliphatic heterocycles. The number of urea groups is 1. The summed E-state index contributed by atoms with van der Waals surface area (Å²) in [5.41, 5.74) is 7.63. The fraction of sp³-hybridized carbons (Fsp3) is 0.214. The van der Waals surface area contributed by atoms with Crippen molar-refractivity contribution in [1.82, 2.24) is 10.3 Å². The number of carbonyl (C=O) groups excluding carboxylic acids is 2. The van der Waals surface area contributed by atoms with E-state index in [0.717, 1.165) is 22.0 Å². The fourth-order valence-electron chi connectivity index (χ4n) is 1.78. The van der Waals surface area contributed by atoms with Crippen molar-refractivity contribution in [2.75, 3.05) is 5.32 Å². The van der Waals surface area contributed by atoms with E-state index in [1.807, 2.05) is 41.9 Å². The summed E-state index contributed by atoms with van der Waals surface area (Å²) in [6.07, 6.45) is 0. The molecule has 0 unspecified atom stereocenters. The number of aromatic nitrogens is 1. The molecule has 1 aromatic heterocycles. The SMILES string of the molecule is Cc1nc(-c2ccc(N[C@@H](C)C(=O)NC(N)=O)cc2)cs1. The first-order chi connectivity index (χ1) is 9.95. The molecule has 0 saturated heterocycles. The summed E-state index contributed by atoms with van der Waals surface area (Å²) < 4.78 is 0. The molecule has 7 heteroatoms. The quantitative estimate of drug-likeness (QED) is 0.806. The van der Waals surface area contributed by atoms with Gasteiger partial charge in [-0.25, -0.2) is 9.78 Å². The van der Waals surface area contributed by atoms with Crippen molar-refractivity contribution in [1.29, 1.82) is 0 Å². The number of rotatable bonds is 4. The normalized spacial score (nSPS) is 11.7. The predicted molar refractivity (Wildman–Crippen MR) is 83.1 cm³/mol. The zero-order valence-electron chi connectivity index (χ0n) is 11.7. The zero-order valence-corrected chi connectivity index (χ0v) is 12.5. The number of nitrogens with two attached hydrogens (primary N) is 1. The number of carbonyl (C=O) groups is 2. The van der Waals surface area contributed by atoms with Gasteiger partial charge >= 0.3 is 6.03 Å². The number of hydrogen-bond acceptors (Lipinski definition) is 5. The maximum Gasteiger partial charge on any atom is 0.318 e. The van der Waals surface area contributed by atoms with Crippen LogP contribution < -0.4 is 16.4 Å². The highest BCUT2D eigenvalue weighted by Crippen LogP contribution is 2.23. The summed E-state index contributed by atoms with van der Waals surface area (Å²) in [5.74, 6) is -0.471. The molecule has 1 aromatic carbocycles. The van der Waals surface area contributed by atoms with Gasteiger partial charge in [0.15, 0.2) is 0 Å². The Morgan fingerprint density at radius 1 is 1.29 bits per heavy atom. The van der Waals surface area contributed by atoms with Crippen molar-refractivity contribution in [3.05, 3.63) is 34.7 Å². The Morgan fingerprint density at radius 2 is 1.95 bits per heavy atom. The third-order valence-electron chi connectivity index (χ3n) is 2.82. The van der Waals surface area contributed by atoms with Gasteiger partial charge in [-0.05, 0) is 26.0 Å². The highest BCUT2D eigenvalue weighted by atomic mass is 32.1. The standard InChI is InChI=1S/C14H16N4O2S/c1-8(13(19)18-14(15)20)16-11-5-3-10(4-6-11)12-7-21-9(2)17-12/h3-8,16H,1-2H3,(H3,15,18,19,20)/t8-/m0/s1. The largest absolute Gasteiger partial charge is 0.374 e. The second-order valence-electron chi connectivity index (χ2n) is 4.55. The minimum Gasteiger partial charge on any atom is -0.374 e. The van der Waals surface area contributed by atoms with Gasteiger partial charge in [0.05, 0.1) is 10.7 Å². The number of benzene rings is 1. The van der Waals surface area contributed by atoms with Gasteiger partial charge in [0.1, 0.15) is 6.04 Å². The van der Waals surface area contributed by atoms with Crippen LogP contribution in [0.5, 0.6) is 0 Å². The van der Waals surface area contributed by atoms with Gasteiger partial charge in [0.25, 0.3) is 0 Å². The average Bonchev–Trinajstić information content (AvgIpc) is 2.85. The highest BCUT2D eigenvalue weighted by Gasteiger charge is 2.14. The smallest absolute Gasteiger partial charge is 0.318 e. The minimum absolute atomic E-state index is 0.471. The second kappa shape index (κ2) is 6.36. The third-order valence-corrected chi connectivity index (χ3v) is 3.60. The van der Waals surface area contributed by atoms with Crippen LogP contribution in [0.1, 0.15) is 11.9 Å². The van der Waals surface area contributed by atoms with Gasteiger partial charge in [-0.1, -0.05) is 12.1 Å². The molecule has 3 amide bonds. The van der Waals surface area contributed by atoms with E-state index < -0.39 is 18.0 Å². The van der Waals surface area contributed by atoms with Gasteiger partial charge in [-0.3, -0.25) is 10.1 Å². The summed E-state index contributed by atoms with van der Waals surface area (Å²) in [5, 5.41) is 8.04. The van der Waals surface area contributed by atoms with Crippen LogP contribution in [0, 0.1) is 6.92 Å². The lowest BCUT2D eigenvalue weighted by Crippen LogP contribution is -2.43. The van der Waals surface area contributed by atoms with Crippen LogP contribution >= 0.6 is 11.3 Å². The van der Waals surface area contributed by atoms with Gasteiger partial charge in [0.2, 0.25) is 5.91 Å². The predicted octanol–water partition coefficient (Wildman–Crippen LogP) is 2.11. The highest BCUT2D eigenvalue weighted by molar-refractivity contribution is 7.09. The van der Waals surface area contributed by atoms with Gasteiger partial charge in [0, 0.05) is 16.6 Å². The van der Waals surface area contributed by atoms with E-state index in [2.05, 4.69) is 10.3 Å². The maximum absolute atomic E-state index is 11.6. The molecule has 0 aliphatic rings. The molecule has 0 saturated carbocycles. The summed E-state index contributed by atoms with van der Waals surface area (Å²) >= 11 is 1.60. The Balaban J connectivity index is 2.02. The summed E-state index contributed by atoms with van der Waals surface area (Å²) in [6.45, 7) is 3.61. The number of hydrogen-bond donors (Lipinski definition) is 3. The Labute approximate surface area is 126 Å². The van der Waals surface area contributed by atoms with Crippen LogP contribution in [0.4, 0.5) is 10.5 Å². The lowest BCUT2D eigenvalue weighted by atomic mass is 10.1. The number of amides is 3. The molecule has 1 atom stereocenters. The molecule has 0 radical (unpaired) electrons. The molecule has 0 bridgehead atoms. The molecule has 0 aliphatic carbocycles.